The summed E-state index contributed by atoms with van der Waals surface area (Å²) in [5.74, 6) is -0.830. The molecule has 0 saturated heterocycles. The summed E-state index contributed by atoms with van der Waals surface area (Å²) in [6, 6.07) is 16.8. The average molecular weight is 442 g/mol. The summed E-state index contributed by atoms with van der Waals surface area (Å²) in [7, 11) is -3.78. The first-order chi connectivity index (χ1) is 14.3. The lowest BCUT2D eigenvalue weighted by molar-refractivity contribution is 0.102. The average Bonchev–Trinajstić information content (AvgIpc) is 3.09. The molecule has 152 valence electrons. The number of nitrogens with one attached hydrogen (secondary N) is 2. The highest BCUT2D eigenvalue weighted by Gasteiger charge is 2.16. The maximum Gasteiger partial charge on any atom is 0.261 e. The van der Waals surface area contributed by atoms with Gasteiger partial charge in [-0.15, -0.1) is 0 Å². The molecule has 0 atom stereocenters. The molecule has 4 rings (SSSR count). The SMILES string of the molecule is Cc1ccc(S(=O)(=O)Nc2cccc(C(=O)Nc3nc4ccc(F)cc4s3)c2)cc1. The fourth-order valence-electron chi connectivity index (χ4n) is 2.78. The number of fused-ring (bicyclic) bond motifs is 1. The lowest BCUT2D eigenvalue weighted by Crippen LogP contribution is -2.15. The minimum absolute atomic E-state index is 0.129. The molecule has 1 aromatic heterocycles. The van der Waals surface area contributed by atoms with Crippen LogP contribution in [0.25, 0.3) is 10.2 Å². The molecule has 1 heterocycles. The number of aromatic nitrogens is 1. The van der Waals surface area contributed by atoms with Gasteiger partial charge < -0.3 is 0 Å². The Morgan fingerprint density at radius 2 is 1.80 bits per heavy atom. The van der Waals surface area contributed by atoms with E-state index >= 15 is 0 Å². The zero-order chi connectivity index (χ0) is 21.3. The summed E-state index contributed by atoms with van der Waals surface area (Å²) in [6.45, 7) is 1.87. The molecule has 0 unspecified atom stereocenters. The van der Waals surface area contributed by atoms with Gasteiger partial charge in [-0.25, -0.2) is 17.8 Å². The van der Waals surface area contributed by atoms with Crippen LogP contribution in [0.1, 0.15) is 15.9 Å². The fourth-order valence-corrected chi connectivity index (χ4v) is 4.71. The van der Waals surface area contributed by atoms with Crippen LogP contribution in [0.15, 0.2) is 71.6 Å². The molecule has 4 aromatic rings. The predicted molar refractivity (Wildman–Crippen MR) is 116 cm³/mol. The second-order valence-electron chi connectivity index (χ2n) is 6.58. The molecule has 1 amide bonds. The van der Waals surface area contributed by atoms with Crippen molar-refractivity contribution >= 4 is 48.3 Å². The van der Waals surface area contributed by atoms with Gasteiger partial charge in [0.15, 0.2) is 5.13 Å². The summed E-state index contributed by atoms with van der Waals surface area (Å²) < 4.78 is 41.5. The van der Waals surface area contributed by atoms with Crippen molar-refractivity contribution in [2.45, 2.75) is 11.8 Å². The van der Waals surface area contributed by atoms with Gasteiger partial charge in [-0.2, -0.15) is 0 Å². The summed E-state index contributed by atoms with van der Waals surface area (Å²) in [4.78, 5) is 17.0. The van der Waals surface area contributed by atoms with Crippen LogP contribution in [0.2, 0.25) is 0 Å². The second kappa shape index (κ2) is 7.85. The highest BCUT2D eigenvalue weighted by atomic mass is 32.2. The molecule has 0 spiro atoms. The van der Waals surface area contributed by atoms with Gasteiger partial charge in [-0.1, -0.05) is 35.1 Å². The first-order valence-electron chi connectivity index (χ1n) is 8.87. The van der Waals surface area contributed by atoms with Gasteiger partial charge in [-0.3, -0.25) is 14.8 Å². The van der Waals surface area contributed by atoms with Crippen molar-refractivity contribution in [3.8, 4) is 0 Å². The number of anilines is 2. The van der Waals surface area contributed by atoms with Gasteiger partial charge in [0.1, 0.15) is 5.82 Å². The Morgan fingerprint density at radius 1 is 1.03 bits per heavy atom. The van der Waals surface area contributed by atoms with Crippen LogP contribution in [0.4, 0.5) is 15.2 Å². The molecule has 6 nitrogen and oxygen atoms in total. The summed E-state index contributed by atoms with van der Waals surface area (Å²) in [6.07, 6.45) is 0. The van der Waals surface area contributed by atoms with Crippen molar-refractivity contribution in [1.29, 1.82) is 0 Å². The van der Waals surface area contributed by atoms with E-state index in [0.717, 1.165) is 16.9 Å². The highest BCUT2D eigenvalue weighted by molar-refractivity contribution is 7.92. The van der Waals surface area contributed by atoms with E-state index < -0.39 is 15.9 Å². The fraction of sp³-hybridized carbons (Fsp3) is 0.0476. The normalized spacial score (nSPS) is 11.4. The standard InChI is InChI=1S/C21H16FN3O3S2/c1-13-5-8-17(9-6-13)30(27,28)25-16-4-2-3-14(11-16)20(26)24-21-23-18-10-7-15(22)12-19(18)29-21/h2-12,25H,1H3,(H,23,24,26). The Balaban J connectivity index is 1.53. The minimum Gasteiger partial charge on any atom is -0.298 e. The van der Waals surface area contributed by atoms with Crippen LogP contribution >= 0.6 is 11.3 Å². The van der Waals surface area contributed by atoms with Crippen molar-refractivity contribution in [1.82, 2.24) is 4.98 Å². The number of rotatable bonds is 5. The third-order valence-electron chi connectivity index (χ3n) is 4.28. The molecule has 0 radical (unpaired) electrons. The second-order valence-corrected chi connectivity index (χ2v) is 9.30. The number of thiazole rings is 1. The topological polar surface area (TPSA) is 88.2 Å². The molecule has 30 heavy (non-hydrogen) atoms. The Kier molecular flexibility index (Phi) is 5.23. The van der Waals surface area contributed by atoms with Crippen molar-refractivity contribution in [2.75, 3.05) is 10.0 Å². The zero-order valence-corrected chi connectivity index (χ0v) is 17.4. The Labute approximate surface area is 176 Å². The third-order valence-corrected chi connectivity index (χ3v) is 6.61. The number of halogens is 1. The smallest absolute Gasteiger partial charge is 0.261 e. The third kappa shape index (κ3) is 4.32. The van der Waals surface area contributed by atoms with E-state index in [1.165, 1.54) is 36.4 Å². The van der Waals surface area contributed by atoms with Gasteiger partial charge in [0.2, 0.25) is 0 Å². The number of carbonyl (C=O) groups is 1. The number of carbonyl (C=O) groups excluding carboxylic acids is 1. The van der Waals surface area contributed by atoms with E-state index in [4.69, 9.17) is 0 Å². The molecule has 0 aliphatic rings. The number of hydrogen-bond acceptors (Lipinski definition) is 5. The van der Waals surface area contributed by atoms with Gasteiger partial charge in [-0.05, 0) is 55.5 Å². The van der Waals surface area contributed by atoms with E-state index in [9.17, 15) is 17.6 Å². The minimum atomic E-state index is -3.78. The van der Waals surface area contributed by atoms with Gasteiger partial charge in [0, 0.05) is 11.3 Å². The Hall–Kier alpha value is -3.30. The van der Waals surface area contributed by atoms with Gasteiger partial charge in [0.25, 0.3) is 15.9 Å². The predicted octanol–water partition coefficient (Wildman–Crippen LogP) is 4.80. The molecule has 0 saturated carbocycles. The van der Waals surface area contributed by atoms with E-state index in [1.807, 2.05) is 6.92 Å². The molecule has 9 heteroatoms. The summed E-state index contributed by atoms with van der Waals surface area (Å²) >= 11 is 1.15. The molecular weight excluding hydrogens is 425 g/mol. The van der Waals surface area contributed by atoms with Crippen LogP contribution in [0, 0.1) is 12.7 Å². The van der Waals surface area contributed by atoms with E-state index in [-0.39, 0.29) is 22.0 Å². The molecule has 0 aliphatic heterocycles. The lowest BCUT2D eigenvalue weighted by atomic mass is 10.2. The number of nitrogens with zero attached hydrogens (tertiary/aromatic N) is 1. The first-order valence-corrected chi connectivity index (χ1v) is 11.2. The molecule has 3 aromatic carbocycles. The van der Waals surface area contributed by atoms with Crippen LogP contribution in [-0.4, -0.2) is 19.3 Å². The van der Waals surface area contributed by atoms with Crippen molar-refractivity contribution in [3.63, 3.8) is 0 Å². The van der Waals surface area contributed by atoms with Crippen LogP contribution < -0.4 is 10.0 Å². The largest absolute Gasteiger partial charge is 0.298 e. The Morgan fingerprint density at radius 3 is 2.57 bits per heavy atom. The number of sulfonamides is 1. The van der Waals surface area contributed by atoms with E-state index in [2.05, 4.69) is 15.0 Å². The first kappa shape index (κ1) is 20.0. The molecular formula is C21H16FN3O3S2. The maximum absolute atomic E-state index is 13.3. The van der Waals surface area contributed by atoms with Crippen molar-refractivity contribution < 1.29 is 17.6 Å². The van der Waals surface area contributed by atoms with Crippen LogP contribution in [0.5, 0.6) is 0 Å². The van der Waals surface area contributed by atoms with Crippen LogP contribution in [-0.2, 0) is 10.0 Å². The number of aryl methyl sites for hydroxylation is 1. The highest BCUT2D eigenvalue weighted by Crippen LogP contribution is 2.27. The Bertz CT molecular complexity index is 1350. The monoisotopic (exact) mass is 441 g/mol. The molecule has 2 N–H and O–H groups in total. The number of benzene rings is 3. The molecule has 0 fully saturated rings. The summed E-state index contributed by atoms with van der Waals surface area (Å²) in [5.41, 5.74) is 2.04. The molecule has 0 bridgehead atoms. The van der Waals surface area contributed by atoms with Crippen molar-refractivity contribution in [3.05, 3.63) is 83.7 Å². The number of hydrogen-bond donors (Lipinski definition) is 2. The van der Waals surface area contributed by atoms with Gasteiger partial charge >= 0.3 is 0 Å². The number of amides is 1. The maximum atomic E-state index is 13.3. The van der Waals surface area contributed by atoms with E-state index in [0.29, 0.717) is 15.3 Å². The lowest BCUT2D eigenvalue weighted by Gasteiger charge is -2.10. The van der Waals surface area contributed by atoms with Gasteiger partial charge in [0.05, 0.1) is 15.1 Å². The quantitative estimate of drug-likeness (QED) is 0.466. The summed E-state index contributed by atoms with van der Waals surface area (Å²) in [5, 5.41) is 2.99. The van der Waals surface area contributed by atoms with Crippen molar-refractivity contribution in [2.24, 2.45) is 0 Å². The molecule has 0 aliphatic carbocycles. The zero-order valence-electron chi connectivity index (χ0n) is 15.7. The van der Waals surface area contributed by atoms with E-state index in [1.54, 1.807) is 30.3 Å². The van der Waals surface area contributed by atoms with Crippen LogP contribution in [0.3, 0.4) is 0 Å².